The van der Waals surface area contributed by atoms with Gasteiger partial charge in [-0.3, -0.25) is 4.79 Å². The summed E-state index contributed by atoms with van der Waals surface area (Å²) >= 11 is 6.57. The van der Waals surface area contributed by atoms with Gasteiger partial charge in [0.2, 0.25) is 0 Å². The van der Waals surface area contributed by atoms with Gasteiger partial charge in [-0.15, -0.1) is 0 Å². The van der Waals surface area contributed by atoms with Crippen LogP contribution in [0.3, 0.4) is 0 Å². The molecule has 0 fully saturated rings. The minimum atomic E-state index is -0.888. The fourth-order valence-corrected chi connectivity index (χ4v) is 5.13. The average Bonchev–Trinajstić information content (AvgIpc) is 2.88. The molecule has 0 amide bonds. The summed E-state index contributed by atoms with van der Waals surface area (Å²) in [7, 11) is 2.82. The van der Waals surface area contributed by atoms with Crippen LogP contribution in [0.5, 0.6) is 11.5 Å². The molecule has 0 saturated heterocycles. The van der Waals surface area contributed by atoms with Gasteiger partial charge in [0.05, 0.1) is 31.6 Å². The Kier molecular flexibility index (Phi) is 8.13. The van der Waals surface area contributed by atoms with Crippen molar-refractivity contribution in [3.8, 4) is 22.9 Å². The predicted molar refractivity (Wildman–Crippen MR) is 145 cm³/mol. The van der Waals surface area contributed by atoms with E-state index in [4.69, 9.17) is 25.8 Å². The summed E-state index contributed by atoms with van der Waals surface area (Å²) in [6, 6.07) is 11.3. The SMILES string of the molecule is COCCCOc1cc2c(nc1Cl)-c1c(c(O)c(C(=O)OC)c(=O)n1Cc1ccccc1)C(C(C)(C)C)C2. The first-order chi connectivity index (χ1) is 18.1. The monoisotopic (exact) mass is 540 g/mol. The van der Waals surface area contributed by atoms with Gasteiger partial charge < -0.3 is 23.9 Å². The Morgan fingerprint density at radius 2 is 1.89 bits per heavy atom. The topological polar surface area (TPSA) is 99.9 Å². The number of halogens is 1. The number of hydrogen-bond acceptors (Lipinski definition) is 7. The van der Waals surface area contributed by atoms with E-state index in [1.807, 2.05) is 36.4 Å². The lowest BCUT2D eigenvalue weighted by Crippen LogP contribution is -2.35. The summed E-state index contributed by atoms with van der Waals surface area (Å²) in [6.07, 6.45) is 1.19. The van der Waals surface area contributed by atoms with Gasteiger partial charge in [0.25, 0.3) is 5.56 Å². The van der Waals surface area contributed by atoms with E-state index in [1.165, 1.54) is 11.7 Å². The van der Waals surface area contributed by atoms with Crippen molar-refractivity contribution in [1.29, 1.82) is 0 Å². The number of fused-ring (bicyclic) bond motifs is 3. The quantitative estimate of drug-likeness (QED) is 0.238. The van der Waals surface area contributed by atoms with Crippen LogP contribution in [-0.4, -0.2) is 48.1 Å². The zero-order chi connectivity index (χ0) is 27.6. The molecule has 1 N–H and O–H groups in total. The molecule has 1 atom stereocenters. The molecular weight excluding hydrogens is 508 g/mol. The number of ether oxygens (including phenoxy) is 3. The summed E-state index contributed by atoms with van der Waals surface area (Å²) in [6.45, 7) is 7.31. The van der Waals surface area contributed by atoms with Gasteiger partial charge >= 0.3 is 5.97 Å². The van der Waals surface area contributed by atoms with Crippen molar-refractivity contribution in [3.05, 3.63) is 74.2 Å². The minimum absolute atomic E-state index is 0.150. The molecule has 38 heavy (non-hydrogen) atoms. The molecule has 0 bridgehead atoms. The summed E-state index contributed by atoms with van der Waals surface area (Å²) in [5.74, 6) is -1.06. The van der Waals surface area contributed by atoms with Gasteiger partial charge in [-0.1, -0.05) is 62.7 Å². The van der Waals surface area contributed by atoms with Gasteiger partial charge in [0, 0.05) is 25.7 Å². The molecule has 1 aliphatic rings. The zero-order valence-corrected chi connectivity index (χ0v) is 23.1. The van der Waals surface area contributed by atoms with E-state index in [2.05, 4.69) is 25.8 Å². The number of aromatic hydroxyl groups is 1. The van der Waals surface area contributed by atoms with Crippen LogP contribution < -0.4 is 10.3 Å². The highest BCUT2D eigenvalue weighted by molar-refractivity contribution is 6.31. The van der Waals surface area contributed by atoms with E-state index in [9.17, 15) is 14.7 Å². The van der Waals surface area contributed by atoms with Gasteiger partial charge in [-0.25, -0.2) is 9.78 Å². The van der Waals surface area contributed by atoms with E-state index in [0.717, 1.165) is 11.1 Å². The largest absolute Gasteiger partial charge is 0.506 e. The summed E-state index contributed by atoms with van der Waals surface area (Å²) < 4.78 is 17.4. The molecule has 0 aliphatic heterocycles. The Morgan fingerprint density at radius 3 is 2.53 bits per heavy atom. The Balaban J connectivity index is 2.01. The molecule has 2 aromatic heterocycles. The molecule has 8 nitrogen and oxygen atoms in total. The number of nitrogens with zero attached hydrogens (tertiary/aromatic N) is 2. The van der Waals surface area contributed by atoms with Gasteiger partial charge in [-0.2, -0.15) is 0 Å². The van der Waals surface area contributed by atoms with Crippen LogP contribution in [0.2, 0.25) is 5.15 Å². The van der Waals surface area contributed by atoms with E-state index in [1.54, 1.807) is 7.11 Å². The van der Waals surface area contributed by atoms with Crippen molar-refractivity contribution >= 4 is 17.6 Å². The number of benzene rings is 1. The molecule has 3 aromatic rings. The number of carbonyl (C=O) groups is 1. The van der Waals surface area contributed by atoms with Gasteiger partial charge in [-0.05, 0) is 34.9 Å². The van der Waals surface area contributed by atoms with Crippen LogP contribution in [0.25, 0.3) is 11.4 Å². The highest BCUT2D eigenvalue weighted by Gasteiger charge is 2.41. The lowest BCUT2D eigenvalue weighted by atomic mass is 9.69. The molecular formula is C29H33ClN2O6. The Labute approximate surface area is 227 Å². The Bertz CT molecular complexity index is 1400. The first-order valence-corrected chi connectivity index (χ1v) is 12.9. The molecule has 0 radical (unpaired) electrons. The number of aromatic nitrogens is 2. The third-order valence-electron chi connectivity index (χ3n) is 6.86. The minimum Gasteiger partial charge on any atom is -0.506 e. The first kappa shape index (κ1) is 27.7. The van der Waals surface area contributed by atoms with Crippen LogP contribution in [0.4, 0.5) is 0 Å². The van der Waals surface area contributed by atoms with Crippen molar-refractivity contribution < 1.29 is 24.1 Å². The fourth-order valence-electron chi connectivity index (χ4n) is 4.94. The average molecular weight is 541 g/mol. The molecule has 9 heteroatoms. The van der Waals surface area contributed by atoms with Crippen LogP contribution in [0.1, 0.15) is 60.2 Å². The zero-order valence-electron chi connectivity index (χ0n) is 22.3. The van der Waals surface area contributed by atoms with E-state index in [0.29, 0.717) is 48.8 Å². The maximum absolute atomic E-state index is 13.8. The lowest BCUT2D eigenvalue weighted by Gasteiger charge is -2.38. The van der Waals surface area contributed by atoms with Crippen molar-refractivity contribution in [1.82, 2.24) is 9.55 Å². The third-order valence-corrected chi connectivity index (χ3v) is 7.14. The second kappa shape index (κ2) is 11.2. The van der Waals surface area contributed by atoms with Crippen molar-refractivity contribution in [2.45, 2.75) is 46.1 Å². The molecule has 1 aromatic carbocycles. The highest BCUT2D eigenvalue weighted by Crippen LogP contribution is 2.51. The lowest BCUT2D eigenvalue weighted by molar-refractivity contribution is 0.0594. The summed E-state index contributed by atoms with van der Waals surface area (Å²) in [4.78, 5) is 31.2. The van der Waals surface area contributed by atoms with Crippen molar-refractivity contribution in [3.63, 3.8) is 0 Å². The van der Waals surface area contributed by atoms with Crippen LogP contribution in [0, 0.1) is 5.41 Å². The third kappa shape index (κ3) is 5.28. The highest BCUT2D eigenvalue weighted by atomic mass is 35.5. The maximum atomic E-state index is 13.8. The number of carbonyl (C=O) groups excluding carboxylic acids is 1. The second-order valence-corrected chi connectivity index (χ2v) is 10.8. The Hall–Kier alpha value is -3.36. The van der Waals surface area contributed by atoms with Gasteiger partial charge in [0.15, 0.2) is 16.5 Å². The van der Waals surface area contributed by atoms with Crippen molar-refractivity contribution in [2.75, 3.05) is 27.4 Å². The Morgan fingerprint density at radius 1 is 1.18 bits per heavy atom. The van der Waals surface area contributed by atoms with Crippen LogP contribution >= 0.6 is 11.6 Å². The van der Waals surface area contributed by atoms with E-state index < -0.39 is 11.5 Å². The molecule has 2 heterocycles. The smallest absolute Gasteiger partial charge is 0.347 e. The van der Waals surface area contributed by atoms with E-state index >= 15 is 0 Å². The number of esters is 1. The molecule has 1 aliphatic carbocycles. The molecule has 4 rings (SSSR count). The second-order valence-electron chi connectivity index (χ2n) is 10.5. The predicted octanol–water partition coefficient (Wildman–Crippen LogP) is 5.21. The van der Waals surface area contributed by atoms with Crippen molar-refractivity contribution in [2.24, 2.45) is 5.41 Å². The molecule has 0 spiro atoms. The van der Waals surface area contributed by atoms with E-state index in [-0.39, 0.29) is 34.3 Å². The van der Waals surface area contributed by atoms with Gasteiger partial charge in [0.1, 0.15) is 5.75 Å². The summed E-state index contributed by atoms with van der Waals surface area (Å²) in [5, 5.41) is 11.6. The standard InChI is InChI=1S/C29H33ClN2O6/c1-29(2,3)19-14-18-15-20(38-13-9-12-36-4)26(30)31-23(18)24-21(19)25(33)22(28(35)37-5)27(34)32(24)16-17-10-7-6-8-11-17/h6-8,10-11,15,19,33H,9,12-14,16H2,1-5H3. The molecule has 0 saturated carbocycles. The normalized spacial score (nSPS) is 14.5. The first-order valence-electron chi connectivity index (χ1n) is 12.5. The molecule has 202 valence electrons. The molecule has 1 unspecified atom stereocenters. The van der Waals surface area contributed by atoms with Crippen LogP contribution in [0.15, 0.2) is 41.2 Å². The van der Waals surface area contributed by atoms with Crippen LogP contribution in [-0.2, 0) is 22.4 Å². The number of methoxy groups -OCH3 is 2. The number of rotatable bonds is 8. The number of pyridine rings is 2. The number of hydrogen-bond donors (Lipinski definition) is 1. The maximum Gasteiger partial charge on any atom is 0.347 e. The fraction of sp³-hybridized carbons (Fsp3) is 0.414. The summed E-state index contributed by atoms with van der Waals surface area (Å²) in [5.41, 5.74) is 1.72.